The molecule has 34 heavy (non-hydrogen) atoms. The van der Waals surface area contributed by atoms with Gasteiger partial charge in [0.15, 0.2) is 0 Å². The van der Waals surface area contributed by atoms with E-state index < -0.39 is 11.7 Å². The zero-order chi connectivity index (χ0) is 25.3. The summed E-state index contributed by atoms with van der Waals surface area (Å²) in [5, 5.41) is 46.5. The monoisotopic (exact) mass is 476 g/mol. The molecule has 12 atom stereocenters. The Kier molecular flexibility index (Phi) is 5.42. The van der Waals surface area contributed by atoms with Gasteiger partial charge < -0.3 is 20.4 Å². The van der Waals surface area contributed by atoms with Crippen LogP contribution in [0.3, 0.4) is 0 Å². The molecule has 0 radical (unpaired) electrons. The quantitative estimate of drug-likeness (QED) is 0.421. The van der Waals surface area contributed by atoms with Gasteiger partial charge in [-0.3, -0.25) is 0 Å². The summed E-state index contributed by atoms with van der Waals surface area (Å²) < 4.78 is 0. The summed E-state index contributed by atoms with van der Waals surface area (Å²) >= 11 is 0. The molecule has 4 heteroatoms. The van der Waals surface area contributed by atoms with Crippen molar-refractivity contribution in [3.63, 3.8) is 0 Å². The lowest BCUT2D eigenvalue weighted by molar-refractivity contribution is -0.301. The van der Waals surface area contributed by atoms with Crippen LogP contribution >= 0.6 is 0 Å². The van der Waals surface area contributed by atoms with Crippen LogP contribution in [0.15, 0.2) is 0 Å². The maximum absolute atomic E-state index is 12.0. The topological polar surface area (TPSA) is 80.9 Å². The van der Waals surface area contributed by atoms with Crippen LogP contribution in [0.1, 0.15) is 107 Å². The van der Waals surface area contributed by atoms with E-state index in [0.717, 1.165) is 51.4 Å². The summed E-state index contributed by atoms with van der Waals surface area (Å²) in [4.78, 5) is 0. The Morgan fingerprint density at radius 2 is 1.29 bits per heavy atom. The summed E-state index contributed by atoms with van der Waals surface area (Å²) in [5.41, 5.74) is -1.32. The van der Waals surface area contributed by atoms with E-state index in [1.165, 1.54) is 0 Å². The Bertz CT molecular complexity index is 840. The lowest BCUT2D eigenvalue weighted by Crippen LogP contribution is -2.72. The normalized spacial score (nSPS) is 60.8. The van der Waals surface area contributed by atoms with E-state index in [0.29, 0.717) is 5.92 Å². The van der Waals surface area contributed by atoms with Gasteiger partial charge in [-0.15, -0.1) is 0 Å². The summed E-state index contributed by atoms with van der Waals surface area (Å²) in [6, 6.07) is 0. The fourth-order valence-electron chi connectivity index (χ4n) is 12.2. The Hall–Kier alpha value is -0.160. The van der Waals surface area contributed by atoms with Crippen LogP contribution in [0.4, 0.5) is 0 Å². The minimum Gasteiger partial charge on any atom is -0.393 e. The molecule has 5 aliphatic rings. The SMILES string of the molecule is CC(C)C1(O)CCC2(C)C1CCC1(C)C2C(O)CC2C3(C)CCC(O)C(C)(C)C3C(O)CC21C. The maximum atomic E-state index is 12.0. The fourth-order valence-corrected chi connectivity index (χ4v) is 12.2. The summed E-state index contributed by atoms with van der Waals surface area (Å²) in [6.07, 6.45) is 5.85. The van der Waals surface area contributed by atoms with E-state index in [-0.39, 0.29) is 63.0 Å². The largest absolute Gasteiger partial charge is 0.393 e. The first-order valence-electron chi connectivity index (χ1n) is 14.3. The van der Waals surface area contributed by atoms with Gasteiger partial charge in [-0.05, 0) is 108 Å². The highest BCUT2D eigenvalue weighted by Gasteiger charge is 2.75. The van der Waals surface area contributed by atoms with Gasteiger partial charge in [0.1, 0.15) is 0 Å². The molecule has 0 aromatic heterocycles. The van der Waals surface area contributed by atoms with Crippen molar-refractivity contribution in [3.8, 4) is 0 Å². The highest BCUT2D eigenvalue weighted by molar-refractivity contribution is 5.23. The lowest BCUT2D eigenvalue weighted by Gasteiger charge is -2.74. The maximum Gasteiger partial charge on any atom is 0.0704 e. The molecule has 5 rings (SSSR count). The highest BCUT2D eigenvalue weighted by Crippen LogP contribution is 2.78. The minimum absolute atomic E-state index is 0.0404. The molecule has 4 nitrogen and oxygen atoms in total. The minimum atomic E-state index is -0.639. The molecular formula is C30H52O4. The van der Waals surface area contributed by atoms with Crippen LogP contribution in [0, 0.1) is 56.7 Å². The first kappa shape index (κ1) is 25.5. The van der Waals surface area contributed by atoms with Crippen LogP contribution in [-0.4, -0.2) is 44.3 Å². The van der Waals surface area contributed by atoms with Crippen LogP contribution in [0.2, 0.25) is 0 Å². The van der Waals surface area contributed by atoms with Crippen molar-refractivity contribution in [3.05, 3.63) is 0 Å². The lowest BCUT2D eigenvalue weighted by atomic mass is 9.31. The summed E-state index contributed by atoms with van der Waals surface area (Å²) in [7, 11) is 0. The van der Waals surface area contributed by atoms with Gasteiger partial charge in [0.05, 0.1) is 23.9 Å². The molecule has 12 unspecified atom stereocenters. The second-order valence-electron chi connectivity index (χ2n) is 15.5. The first-order chi connectivity index (χ1) is 15.5. The predicted octanol–water partition coefficient (Wildman–Crippen LogP) is 5.16. The van der Waals surface area contributed by atoms with E-state index in [9.17, 15) is 20.4 Å². The molecule has 0 heterocycles. The second-order valence-corrected chi connectivity index (χ2v) is 15.5. The van der Waals surface area contributed by atoms with Gasteiger partial charge in [0.25, 0.3) is 0 Å². The third kappa shape index (κ3) is 2.76. The van der Waals surface area contributed by atoms with Crippen LogP contribution in [0.25, 0.3) is 0 Å². The molecular weight excluding hydrogens is 424 g/mol. The average Bonchev–Trinajstić information content (AvgIpc) is 2.99. The number of aliphatic hydroxyl groups is 4. The highest BCUT2D eigenvalue weighted by atomic mass is 16.3. The smallest absolute Gasteiger partial charge is 0.0704 e. The van der Waals surface area contributed by atoms with Crippen molar-refractivity contribution >= 4 is 0 Å². The van der Waals surface area contributed by atoms with E-state index >= 15 is 0 Å². The Morgan fingerprint density at radius 3 is 1.91 bits per heavy atom. The number of hydrogen-bond acceptors (Lipinski definition) is 4. The second kappa shape index (κ2) is 7.23. The van der Waals surface area contributed by atoms with E-state index in [2.05, 4.69) is 55.4 Å². The predicted molar refractivity (Wildman–Crippen MR) is 135 cm³/mol. The molecule has 5 saturated carbocycles. The van der Waals surface area contributed by atoms with Crippen LogP contribution < -0.4 is 0 Å². The molecule has 5 fully saturated rings. The summed E-state index contributed by atoms with van der Waals surface area (Å²) in [6.45, 7) is 18.2. The number of hydrogen-bond donors (Lipinski definition) is 4. The van der Waals surface area contributed by atoms with Gasteiger partial charge in [-0.1, -0.05) is 55.4 Å². The molecule has 0 aromatic carbocycles. The third-order valence-corrected chi connectivity index (χ3v) is 13.9. The molecule has 0 bridgehead atoms. The third-order valence-electron chi connectivity index (χ3n) is 13.9. The molecule has 196 valence electrons. The molecule has 4 N–H and O–H groups in total. The van der Waals surface area contributed by atoms with Crippen molar-refractivity contribution in [2.45, 2.75) is 131 Å². The zero-order valence-electron chi connectivity index (χ0n) is 23.1. The zero-order valence-corrected chi connectivity index (χ0v) is 23.1. The molecule has 5 aliphatic carbocycles. The van der Waals surface area contributed by atoms with E-state index in [1.807, 2.05) is 0 Å². The van der Waals surface area contributed by atoms with Gasteiger partial charge in [-0.25, -0.2) is 0 Å². The van der Waals surface area contributed by atoms with Crippen molar-refractivity contribution in [1.29, 1.82) is 0 Å². The molecule has 0 saturated heterocycles. The number of aliphatic hydroxyl groups excluding tert-OH is 3. The van der Waals surface area contributed by atoms with Crippen molar-refractivity contribution < 1.29 is 20.4 Å². The van der Waals surface area contributed by atoms with Crippen molar-refractivity contribution in [2.24, 2.45) is 56.7 Å². The molecule has 0 aromatic rings. The van der Waals surface area contributed by atoms with Crippen molar-refractivity contribution in [1.82, 2.24) is 0 Å². The average molecular weight is 477 g/mol. The van der Waals surface area contributed by atoms with E-state index in [1.54, 1.807) is 0 Å². The Labute approximate surface area is 207 Å². The van der Waals surface area contributed by atoms with Gasteiger partial charge in [0.2, 0.25) is 0 Å². The van der Waals surface area contributed by atoms with Crippen LogP contribution in [0.5, 0.6) is 0 Å². The fraction of sp³-hybridized carbons (Fsp3) is 1.00. The number of rotatable bonds is 1. The first-order valence-corrected chi connectivity index (χ1v) is 14.3. The van der Waals surface area contributed by atoms with Crippen LogP contribution in [-0.2, 0) is 0 Å². The Balaban J connectivity index is 1.60. The van der Waals surface area contributed by atoms with E-state index in [4.69, 9.17) is 0 Å². The van der Waals surface area contributed by atoms with Gasteiger partial charge in [-0.2, -0.15) is 0 Å². The Morgan fingerprint density at radius 1 is 0.676 bits per heavy atom. The van der Waals surface area contributed by atoms with Crippen molar-refractivity contribution in [2.75, 3.05) is 0 Å². The molecule has 0 aliphatic heterocycles. The standard InChI is InChI=1S/C30H52O4/c1-17(2)30(34)14-13-27(6)20(30)9-12-28(7)24(27)18(31)15-21-26(5)11-10-22(33)25(3,4)23(26)19(32)16-29(21,28)8/h17-24,31-34H,9-16H2,1-8H3. The molecule has 0 spiro atoms. The van der Waals surface area contributed by atoms with Gasteiger partial charge >= 0.3 is 0 Å². The number of fused-ring (bicyclic) bond motifs is 7. The summed E-state index contributed by atoms with van der Waals surface area (Å²) in [5.74, 6) is 0.955. The molecule has 0 amide bonds. The van der Waals surface area contributed by atoms with Gasteiger partial charge in [0, 0.05) is 0 Å².